The fourth-order valence-electron chi connectivity index (χ4n) is 6.32. The van der Waals surface area contributed by atoms with E-state index in [1.165, 1.54) is 0 Å². The molecule has 0 amide bonds. The van der Waals surface area contributed by atoms with Crippen LogP contribution in [0.2, 0.25) is 0 Å². The number of fused-ring (bicyclic) bond motifs is 3. The van der Waals surface area contributed by atoms with Gasteiger partial charge in [0.15, 0.2) is 0 Å². The molecule has 218 valence electrons. The second kappa shape index (κ2) is 11.6. The number of hydrogen-bond acceptors (Lipinski definition) is 3. The number of hydrogen-bond donors (Lipinski definition) is 0. The monoisotopic (exact) mass is 599 g/mol. The van der Waals surface area contributed by atoms with E-state index >= 15 is 0 Å². The van der Waals surface area contributed by atoms with Gasteiger partial charge in [0.25, 0.3) is 5.82 Å². The standard InChI is InChI=1S/C42H25N5/c1-44-42-26-35(18-20-46-42)31-10-6-8-29(22-31)33-14-16-41-39(25-33)38-24-32(13-15-40(38)47(41)37-11-3-2-4-12-37)28-7-5-9-30(21-28)34-17-19-45-36(23-34)27-43/h2-26H. The van der Waals surface area contributed by atoms with Crippen molar-refractivity contribution in [3.8, 4) is 56.3 Å². The molecule has 0 radical (unpaired) electrons. The zero-order valence-corrected chi connectivity index (χ0v) is 25.2. The average Bonchev–Trinajstić information content (AvgIpc) is 3.48. The SMILES string of the molecule is [C-]#[N+]c1cc(-c2cccc(-c3ccc4c(c3)c3cc(-c5cccc(-c6ccnc(C#N)c6)c5)ccc3n4-c3ccccc3)c2)ccn1. The molecule has 8 aromatic rings. The molecule has 0 N–H and O–H groups in total. The maximum atomic E-state index is 9.36. The maximum Gasteiger partial charge on any atom is 0.270 e. The van der Waals surface area contributed by atoms with Gasteiger partial charge in [-0.15, -0.1) is 4.98 Å². The summed E-state index contributed by atoms with van der Waals surface area (Å²) >= 11 is 0. The Kier molecular flexibility index (Phi) is 6.84. The lowest BCUT2D eigenvalue weighted by Gasteiger charge is -2.09. The Hall–Kier alpha value is -6.82. The largest absolute Gasteiger partial charge is 0.361 e. The van der Waals surface area contributed by atoms with Crippen molar-refractivity contribution in [3.63, 3.8) is 0 Å². The summed E-state index contributed by atoms with van der Waals surface area (Å²) < 4.78 is 2.33. The van der Waals surface area contributed by atoms with Crippen molar-refractivity contribution in [1.29, 1.82) is 5.26 Å². The minimum absolute atomic E-state index is 0.386. The third-order valence-electron chi connectivity index (χ3n) is 8.57. The third kappa shape index (κ3) is 5.09. The highest BCUT2D eigenvalue weighted by Crippen LogP contribution is 2.38. The number of aromatic nitrogens is 3. The zero-order chi connectivity index (χ0) is 31.7. The van der Waals surface area contributed by atoms with Gasteiger partial charge in [0.05, 0.1) is 11.0 Å². The first-order chi connectivity index (χ1) is 23.2. The lowest BCUT2D eigenvalue weighted by atomic mass is 9.96. The highest BCUT2D eigenvalue weighted by Gasteiger charge is 2.15. The first-order valence-corrected chi connectivity index (χ1v) is 15.2. The van der Waals surface area contributed by atoms with Crippen molar-refractivity contribution in [2.24, 2.45) is 0 Å². The summed E-state index contributed by atoms with van der Waals surface area (Å²) in [6.07, 6.45) is 3.37. The summed E-state index contributed by atoms with van der Waals surface area (Å²) in [7, 11) is 0. The number of pyridine rings is 2. The topological polar surface area (TPSA) is 58.9 Å². The van der Waals surface area contributed by atoms with E-state index in [0.29, 0.717) is 11.5 Å². The van der Waals surface area contributed by atoms with E-state index in [0.717, 1.165) is 72.0 Å². The van der Waals surface area contributed by atoms with Gasteiger partial charge in [-0.2, -0.15) is 5.26 Å². The molecule has 5 aromatic carbocycles. The van der Waals surface area contributed by atoms with E-state index in [9.17, 15) is 5.26 Å². The summed E-state index contributed by atoms with van der Waals surface area (Å²) in [5, 5.41) is 11.7. The predicted molar refractivity (Wildman–Crippen MR) is 189 cm³/mol. The van der Waals surface area contributed by atoms with Crippen molar-refractivity contribution in [2.75, 3.05) is 0 Å². The van der Waals surface area contributed by atoms with Crippen LogP contribution in [0.5, 0.6) is 0 Å². The van der Waals surface area contributed by atoms with Gasteiger partial charge >= 0.3 is 0 Å². The van der Waals surface area contributed by atoms with Crippen LogP contribution in [-0.2, 0) is 0 Å². The number of nitriles is 1. The van der Waals surface area contributed by atoms with E-state index in [1.807, 2.05) is 30.3 Å². The summed E-state index contributed by atoms with van der Waals surface area (Å²) in [6.45, 7) is 7.37. The summed E-state index contributed by atoms with van der Waals surface area (Å²) in [4.78, 5) is 11.8. The molecule has 5 heteroatoms. The summed E-state index contributed by atoms with van der Waals surface area (Å²) in [6, 6.07) is 50.4. The molecule has 0 aliphatic rings. The van der Waals surface area contributed by atoms with Crippen LogP contribution in [0.3, 0.4) is 0 Å². The van der Waals surface area contributed by atoms with Crippen LogP contribution in [0.4, 0.5) is 5.82 Å². The lowest BCUT2D eigenvalue weighted by molar-refractivity contribution is 1.18. The molecule has 0 spiro atoms. The Morgan fingerprint density at radius 1 is 0.511 bits per heavy atom. The van der Waals surface area contributed by atoms with E-state index in [1.54, 1.807) is 12.4 Å². The van der Waals surface area contributed by atoms with Crippen molar-refractivity contribution < 1.29 is 0 Å². The van der Waals surface area contributed by atoms with E-state index in [2.05, 4.69) is 135 Å². The van der Waals surface area contributed by atoms with Gasteiger partial charge in [0, 0.05) is 22.7 Å². The molecule has 0 bridgehead atoms. The van der Waals surface area contributed by atoms with Crippen molar-refractivity contribution in [3.05, 3.63) is 169 Å². The molecule has 3 heterocycles. The van der Waals surface area contributed by atoms with Gasteiger partial charge in [-0.1, -0.05) is 73.3 Å². The Labute approximate surface area is 272 Å². The van der Waals surface area contributed by atoms with Crippen molar-refractivity contribution in [1.82, 2.24) is 14.5 Å². The highest BCUT2D eigenvalue weighted by molar-refractivity contribution is 6.11. The number of para-hydroxylation sites is 1. The summed E-state index contributed by atoms with van der Waals surface area (Å²) in [5.41, 5.74) is 12.2. The Balaban J connectivity index is 1.29. The molecule has 3 aromatic heterocycles. The first kappa shape index (κ1) is 27.7. The Bertz CT molecular complexity index is 2390. The second-order valence-corrected chi connectivity index (χ2v) is 11.4. The molecule has 0 saturated heterocycles. The Morgan fingerprint density at radius 3 is 1.57 bits per heavy atom. The number of rotatable bonds is 5. The zero-order valence-electron chi connectivity index (χ0n) is 25.2. The molecule has 47 heavy (non-hydrogen) atoms. The highest BCUT2D eigenvalue weighted by atomic mass is 15.0. The Morgan fingerprint density at radius 2 is 1.02 bits per heavy atom. The van der Waals surface area contributed by atoms with Crippen molar-refractivity contribution >= 4 is 27.6 Å². The molecule has 0 fully saturated rings. The number of nitrogens with zero attached hydrogens (tertiary/aromatic N) is 5. The average molecular weight is 600 g/mol. The maximum absolute atomic E-state index is 9.36. The van der Waals surface area contributed by atoms with Gasteiger partial charge < -0.3 is 9.41 Å². The van der Waals surface area contributed by atoms with Gasteiger partial charge in [-0.3, -0.25) is 0 Å². The number of benzene rings is 5. The molecular formula is C42H25N5. The van der Waals surface area contributed by atoms with Crippen LogP contribution in [0.1, 0.15) is 5.69 Å². The normalized spacial score (nSPS) is 10.9. The minimum atomic E-state index is 0.386. The molecule has 5 nitrogen and oxygen atoms in total. The van der Waals surface area contributed by atoms with E-state index in [4.69, 9.17) is 6.57 Å². The van der Waals surface area contributed by atoms with Crippen LogP contribution < -0.4 is 0 Å². The van der Waals surface area contributed by atoms with Gasteiger partial charge in [-0.05, 0) is 117 Å². The molecule has 0 aliphatic carbocycles. The lowest BCUT2D eigenvalue weighted by Crippen LogP contribution is -1.93. The fraction of sp³-hybridized carbons (Fsp3) is 0. The van der Waals surface area contributed by atoms with Gasteiger partial charge in [0.1, 0.15) is 18.0 Å². The smallest absolute Gasteiger partial charge is 0.270 e. The van der Waals surface area contributed by atoms with Crippen LogP contribution in [-0.4, -0.2) is 14.5 Å². The summed E-state index contributed by atoms with van der Waals surface area (Å²) in [5.74, 6) is 0.386. The minimum Gasteiger partial charge on any atom is -0.361 e. The quantitative estimate of drug-likeness (QED) is 0.185. The van der Waals surface area contributed by atoms with Crippen molar-refractivity contribution in [2.45, 2.75) is 0 Å². The van der Waals surface area contributed by atoms with Crippen LogP contribution in [0, 0.1) is 17.9 Å². The first-order valence-electron chi connectivity index (χ1n) is 15.2. The van der Waals surface area contributed by atoms with E-state index < -0.39 is 0 Å². The van der Waals surface area contributed by atoms with Crippen LogP contribution >= 0.6 is 0 Å². The third-order valence-corrected chi connectivity index (χ3v) is 8.57. The van der Waals surface area contributed by atoms with Crippen LogP contribution in [0.15, 0.2) is 152 Å². The second-order valence-electron chi connectivity index (χ2n) is 11.4. The van der Waals surface area contributed by atoms with Gasteiger partial charge in [0.2, 0.25) is 0 Å². The fourth-order valence-corrected chi connectivity index (χ4v) is 6.32. The molecular weight excluding hydrogens is 574 g/mol. The predicted octanol–water partition coefficient (Wildman–Crippen LogP) is 10.7. The molecule has 0 unspecified atom stereocenters. The molecule has 0 aliphatic heterocycles. The van der Waals surface area contributed by atoms with E-state index in [-0.39, 0.29) is 0 Å². The van der Waals surface area contributed by atoms with Crippen LogP contribution in [0.25, 0.3) is 76.8 Å². The van der Waals surface area contributed by atoms with Gasteiger partial charge in [-0.25, -0.2) is 4.98 Å². The molecule has 0 atom stereocenters. The molecule has 8 rings (SSSR count). The molecule has 0 saturated carbocycles.